The molecule has 0 saturated carbocycles. The van der Waals surface area contributed by atoms with E-state index in [-0.39, 0.29) is 5.91 Å². The monoisotopic (exact) mass is 381 g/mol. The van der Waals surface area contributed by atoms with E-state index in [2.05, 4.69) is 15.6 Å². The van der Waals surface area contributed by atoms with Gasteiger partial charge >= 0.3 is 0 Å². The van der Waals surface area contributed by atoms with Crippen LogP contribution >= 0.6 is 11.6 Å². The largest absolute Gasteiger partial charge is 0.495 e. The van der Waals surface area contributed by atoms with Crippen LogP contribution in [0.25, 0.3) is 0 Å². The maximum absolute atomic E-state index is 12.3. The summed E-state index contributed by atoms with van der Waals surface area (Å²) in [6.07, 6.45) is 1.62. The van der Waals surface area contributed by atoms with Crippen molar-refractivity contribution in [2.24, 2.45) is 0 Å². The number of rotatable bonds is 6. The van der Waals surface area contributed by atoms with Gasteiger partial charge in [-0.05, 0) is 54.4 Å². The van der Waals surface area contributed by atoms with Crippen molar-refractivity contribution >= 4 is 28.9 Å². The third kappa shape index (κ3) is 4.99. The van der Waals surface area contributed by atoms with Gasteiger partial charge in [0.15, 0.2) is 0 Å². The molecule has 1 heterocycles. The van der Waals surface area contributed by atoms with Crippen LogP contribution in [0, 0.1) is 6.92 Å². The van der Waals surface area contributed by atoms with Crippen LogP contribution in [0.4, 0.5) is 11.4 Å². The zero-order valence-corrected chi connectivity index (χ0v) is 15.9. The molecule has 0 aliphatic heterocycles. The Morgan fingerprint density at radius 2 is 1.89 bits per heavy atom. The zero-order valence-electron chi connectivity index (χ0n) is 15.1. The number of pyridine rings is 1. The van der Waals surface area contributed by atoms with E-state index in [9.17, 15) is 4.79 Å². The first-order valence-corrected chi connectivity index (χ1v) is 8.83. The number of carbonyl (C=O) groups is 1. The first-order chi connectivity index (χ1) is 13.0. The van der Waals surface area contributed by atoms with Gasteiger partial charge in [0.25, 0.3) is 5.91 Å². The number of nitrogens with zero attached hydrogens (tertiary/aromatic N) is 1. The molecule has 138 valence electrons. The van der Waals surface area contributed by atoms with Crippen molar-refractivity contribution in [3.8, 4) is 5.75 Å². The van der Waals surface area contributed by atoms with Crippen molar-refractivity contribution in [1.29, 1.82) is 0 Å². The molecule has 1 amide bonds. The minimum Gasteiger partial charge on any atom is -0.495 e. The first kappa shape index (κ1) is 18.7. The fourth-order valence-electron chi connectivity index (χ4n) is 2.55. The molecule has 3 rings (SSSR count). The molecule has 2 aromatic carbocycles. The fraction of sp³-hybridized carbons (Fsp3) is 0.143. The molecule has 1 aromatic heterocycles. The van der Waals surface area contributed by atoms with Gasteiger partial charge in [-0.1, -0.05) is 29.8 Å². The van der Waals surface area contributed by atoms with Gasteiger partial charge in [0.2, 0.25) is 0 Å². The van der Waals surface area contributed by atoms with Gasteiger partial charge in [-0.2, -0.15) is 0 Å². The van der Waals surface area contributed by atoms with E-state index in [1.807, 2.05) is 43.3 Å². The highest BCUT2D eigenvalue weighted by Crippen LogP contribution is 2.28. The number of aromatic nitrogens is 1. The van der Waals surface area contributed by atoms with Gasteiger partial charge in [0, 0.05) is 11.6 Å². The van der Waals surface area contributed by atoms with E-state index in [1.54, 1.807) is 31.5 Å². The molecule has 0 radical (unpaired) electrons. The van der Waals surface area contributed by atoms with E-state index >= 15 is 0 Å². The Labute approximate surface area is 163 Å². The predicted molar refractivity (Wildman–Crippen MR) is 108 cm³/mol. The number of methoxy groups -OCH3 is 1. The normalized spacial score (nSPS) is 10.3. The standard InChI is InChI=1S/C21H20ClN3O2/c1-14-3-10-20(27-2)19(11-14)25-17-8-9-18(23-13-17)21(26)24-12-15-4-6-16(22)7-5-15/h3-11,13,25H,12H2,1-2H3,(H,24,26). The van der Waals surface area contributed by atoms with Crippen LogP contribution < -0.4 is 15.4 Å². The molecule has 5 nitrogen and oxygen atoms in total. The van der Waals surface area contributed by atoms with Crippen molar-refractivity contribution in [3.63, 3.8) is 0 Å². The van der Waals surface area contributed by atoms with Crippen molar-refractivity contribution in [1.82, 2.24) is 10.3 Å². The van der Waals surface area contributed by atoms with Crippen LogP contribution in [0.1, 0.15) is 21.6 Å². The second kappa shape index (κ2) is 8.56. The molecular formula is C21H20ClN3O2. The molecule has 0 aliphatic carbocycles. The number of anilines is 2. The van der Waals surface area contributed by atoms with Gasteiger partial charge in [0.05, 0.1) is 24.7 Å². The summed E-state index contributed by atoms with van der Waals surface area (Å²) in [6, 6.07) is 16.7. The predicted octanol–water partition coefficient (Wildman–Crippen LogP) is 4.73. The summed E-state index contributed by atoms with van der Waals surface area (Å²) in [4.78, 5) is 16.5. The molecule has 0 bridgehead atoms. The van der Waals surface area contributed by atoms with Gasteiger partial charge in [-0.15, -0.1) is 0 Å². The zero-order chi connectivity index (χ0) is 19.2. The number of benzene rings is 2. The van der Waals surface area contributed by atoms with Crippen LogP contribution in [0.3, 0.4) is 0 Å². The fourth-order valence-corrected chi connectivity index (χ4v) is 2.68. The van der Waals surface area contributed by atoms with Crippen LogP contribution in [0.5, 0.6) is 5.75 Å². The maximum atomic E-state index is 12.3. The van der Waals surface area contributed by atoms with E-state index in [0.29, 0.717) is 17.3 Å². The maximum Gasteiger partial charge on any atom is 0.270 e. The quantitative estimate of drug-likeness (QED) is 0.648. The second-order valence-corrected chi connectivity index (χ2v) is 6.51. The third-order valence-corrected chi connectivity index (χ3v) is 4.25. The minimum absolute atomic E-state index is 0.232. The number of ether oxygens (including phenoxy) is 1. The SMILES string of the molecule is COc1ccc(C)cc1Nc1ccc(C(=O)NCc2ccc(Cl)cc2)nc1. The molecule has 0 aliphatic rings. The average Bonchev–Trinajstić information content (AvgIpc) is 2.68. The van der Waals surface area contributed by atoms with Crippen LogP contribution in [-0.2, 0) is 6.54 Å². The van der Waals surface area contributed by atoms with Crippen LogP contribution in [0.2, 0.25) is 5.02 Å². The lowest BCUT2D eigenvalue weighted by atomic mass is 10.2. The summed E-state index contributed by atoms with van der Waals surface area (Å²) in [5.74, 6) is 0.509. The summed E-state index contributed by atoms with van der Waals surface area (Å²) in [5, 5.41) is 6.77. The number of hydrogen-bond donors (Lipinski definition) is 2. The molecule has 6 heteroatoms. The Kier molecular flexibility index (Phi) is 5.94. The smallest absolute Gasteiger partial charge is 0.270 e. The van der Waals surface area contributed by atoms with E-state index in [0.717, 1.165) is 28.3 Å². The molecule has 2 N–H and O–H groups in total. The van der Waals surface area contributed by atoms with Gasteiger partial charge in [-0.3, -0.25) is 4.79 Å². The highest BCUT2D eigenvalue weighted by molar-refractivity contribution is 6.30. The average molecular weight is 382 g/mol. The number of halogens is 1. The van der Waals surface area contributed by atoms with Crippen molar-refractivity contribution in [2.45, 2.75) is 13.5 Å². The van der Waals surface area contributed by atoms with Crippen molar-refractivity contribution in [2.75, 3.05) is 12.4 Å². The van der Waals surface area contributed by atoms with Gasteiger partial charge in [0.1, 0.15) is 11.4 Å². The van der Waals surface area contributed by atoms with Gasteiger partial charge < -0.3 is 15.4 Å². The Bertz CT molecular complexity index is 925. The van der Waals surface area contributed by atoms with E-state index < -0.39 is 0 Å². The summed E-state index contributed by atoms with van der Waals surface area (Å²) in [7, 11) is 1.63. The molecule has 0 spiro atoms. The molecule has 27 heavy (non-hydrogen) atoms. The third-order valence-electron chi connectivity index (χ3n) is 4.00. The summed E-state index contributed by atoms with van der Waals surface area (Å²) >= 11 is 5.86. The molecule has 0 saturated heterocycles. The lowest BCUT2D eigenvalue weighted by Gasteiger charge is -2.12. The Balaban J connectivity index is 1.63. The lowest BCUT2D eigenvalue weighted by Crippen LogP contribution is -2.23. The Morgan fingerprint density at radius 3 is 2.56 bits per heavy atom. The topological polar surface area (TPSA) is 63.2 Å². The van der Waals surface area contributed by atoms with Crippen molar-refractivity contribution < 1.29 is 9.53 Å². The summed E-state index contributed by atoms with van der Waals surface area (Å²) in [5.41, 5.74) is 4.06. The number of amides is 1. The molecule has 3 aromatic rings. The number of hydrogen-bond acceptors (Lipinski definition) is 4. The minimum atomic E-state index is -0.232. The summed E-state index contributed by atoms with van der Waals surface area (Å²) < 4.78 is 5.36. The van der Waals surface area contributed by atoms with E-state index in [4.69, 9.17) is 16.3 Å². The number of carbonyl (C=O) groups excluding carboxylic acids is 1. The van der Waals surface area contributed by atoms with Crippen LogP contribution in [0.15, 0.2) is 60.8 Å². The molecule has 0 unspecified atom stereocenters. The highest BCUT2D eigenvalue weighted by atomic mass is 35.5. The number of nitrogens with one attached hydrogen (secondary N) is 2. The first-order valence-electron chi connectivity index (χ1n) is 8.45. The molecule has 0 fully saturated rings. The van der Waals surface area contributed by atoms with Crippen LogP contribution in [-0.4, -0.2) is 18.0 Å². The molecular weight excluding hydrogens is 362 g/mol. The highest BCUT2D eigenvalue weighted by Gasteiger charge is 2.08. The second-order valence-electron chi connectivity index (χ2n) is 6.07. The molecule has 0 atom stereocenters. The Morgan fingerprint density at radius 1 is 1.11 bits per heavy atom. The Hall–Kier alpha value is -3.05. The lowest BCUT2D eigenvalue weighted by molar-refractivity contribution is 0.0946. The van der Waals surface area contributed by atoms with Gasteiger partial charge in [-0.25, -0.2) is 4.98 Å². The van der Waals surface area contributed by atoms with Crippen molar-refractivity contribution in [3.05, 3.63) is 82.6 Å². The van der Waals surface area contributed by atoms with E-state index in [1.165, 1.54) is 0 Å². The number of aryl methyl sites for hydroxylation is 1. The summed E-state index contributed by atoms with van der Waals surface area (Å²) in [6.45, 7) is 2.43.